The van der Waals surface area contributed by atoms with Crippen LogP contribution in [-0.4, -0.2) is 47.8 Å². The summed E-state index contributed by atoms with van der Waals surface area (Å²) in [5.41, 5.74) is 1.24. The van der Waals surface area contributed by atoms with E-state index in [9.17, 15) is 15.0 Å². The molecule has 7 heteroatoms. The summed E-state index contributed by atoms with van der Waals surface area (Å²) in [7, 11) is 0. The van der Waals surface area contributed by atoms with Crippen LogP contribution in [0, 0.1) is 0 Å². The van der Waals surface area contributed by atoms with Crippen molar-refractivity contribution in [3.63, 3.8) is 0 Å². The van der Waals surface area contributed by atoms with Crippen molar-refractivity contribution in [2.24, 2.45) is 9.98 Å². The Kier molecular flexibility index (Phi) is 11.4. The SMILES string of the molecule is CCOC(=O)C(CCCCN=Cc1ccccc1O)N=Cc1ccccc1O.[Cu]. The third-order valence-electron chi connectivity index (χ3n) is 4.07. The normalized spacial score (nSPS) is 12.0. The number of phenolic OH excluding ortho intramolecular Hbond substituents is 2. The minimum Gasteiger partial charge on any atom is -0.507 e. The molecule has 0 aromatic heterocycles. The molecule has 1 atom stereocenters. The number of unbranched alkanes of at least 4 members (excludes halogenated alkanes) is 1. The average Bonchev–Trinajstić information content (AvgIpc) is 2.69. The smallest absolute Gasteiger partial charge is 0.330 e. The number of esters is 1. The van der Waals surface area contributed by atoms with Gasteiger partial charge in [0.05, 0.1) is 6.61 Å². The molecule has 0 aliphatic carbocycles. The van der Waals surface area contributed by atoms with Crippen molar-refractivity contribution >= 4 is 18.4 Å². The summed E-state index contributed by atoms with van der Waals surface area (Å²) in [5.74, 6) is -0.0497. The first-order valence-electron chi connectivity index (χ1n) is 9.37. The van der Waals surface area contributed by atoms with E-state index in [1.807, 2.05) is 6.07 Å². The van der Waals surface area contributed by atoms with Gasteiger partial charge >= 0.3 is 5.97 Å². The molecule has 0 aliphatic heterocycles. The largest absolute Gasteiger partial charge is 0.507 e. The minimum absolute atomic E-state index is 0. The molecule has 0 amide bonds. The van der Waals surface area contributed by atoms with Crippen LogP contribution in [0.25, 0.3) is 0 Å². The third kappa shape index (κ3) is 8.50. The second-order valence-electron chi connectivity index (χ2n) is 6.19. The standard InChI is InChI=1S/C22H26N2O4.Cu/c1-2-28-22(27)19(24-16-18-10-4-6-13-21(18)26)11-7-8-14-23-15-17-9-3-5-12-20(17)25;/h3-6,9-10,12-13,15-16,19,25-26H,2,7-8,11,14H2,1H3;. The topological polar surface area (TPSA) is 91.5 Å². The van der Waals surface area contributed by atoms with Crippen LogP contribution in [0.2, 0.25) is 0 Å². The van der Waals surface area contributed by atoms with Crippen LogP contribution in [0.3, 0.4) is 0 Å². The average molecular weight is 446 g/mol. The van der Waals surface area contributed by atoms with Crippen LogP contribution in [0.1, 0.15) is 37.3 Å². The summed E-state index contributed by atoms with van der Waals surface area (Å²) in [5, 5.41) is 19.5. The third-order valence-corrected chi connectivity index (χ3v) is 4.07. The number of carbonyl (C=O) groups excluding carboxylic acids is 1. The van der Waals surface area contributed by atoms with Gasteiger partial charge in [-0.1, -0.05) is 24.3 Å². The minimum atomic E-state index is -0.610. The van der Waals surface area contributed by atoms with Crippen molar-refractivity contribution in [3.8, 4) is 11.5 Å². The van der Waals surface area contributed by atoms with Crippen molar-refractivity contribution in [2.75, 3.05) is 13.2 Å². The summed E-state index contributed by atoms with van der Waals surface area (Å²) in [6.07, 6.45) is 5.22. The zero-order valence-corrected chi connectivity index (χ0v) is 17.2. The van der Waals surface area contributed by atoms with Crippen LogP contribution in [0.5, 0.6) is 11.5 Å². The molecule has 6 nitrogen and oxygen atoms in total. The van der Waals surface area contributed by atoms with Gasteiger partial charge in [0.25, 0.3) is 0 Å². The van der Waals surface area contributed by atoms with Crippen LogP contribution < -0.4 is 0 Å². The molecule has 0 spiro atoms. The molecular formula is C22H26CuN2O4. The second-order valence-corrected chi connectivity index (χ2v) is 6.19. The predicted molar refractivity (Wildman–Crippen MR) is 111 cm³/mol. The molecule has 0 fully saturated rings. The molecule has 29 heavy (non-hydrogen) atoms. The number of nitrogens with zero attached hydrogens (tertiary/aromatic N) is 2. The zero-order valence-electron chi connectivity index (χ0n) is 16.3. The van der Waals surface area contributed by atoms with Crippen LogP contribution >= 0.6 is 0 Å². The van der Waals surface area contributed by atoms with Gasteiger partial charge in [-0.2, -0.15) is 0 Å². The first kappa shape index (κ1) is 24.4. The maximum Gasteiger partial charge on any atom is 0.330 e. The Labute approximate surface area is 181 Å². The van der Waals surface area contributed by atoms with Gasteiger partial charge in [0.1, 0.15) is 17.5 Å². The number of ether oxygens (including phenoxy) is 1. The summed E-state index contributed by atoms with van der Waals surface area (Å²) in [6.45, 7) is 2.65. The fraction of sp³-hybridized carbons (Fsp3) is 0.318. The zero-order chi connectivity index (χ0) is 20.2. The number of para-hydroxylation sites is 2. The maximum atomic E-state index is 12.1. The fourth-order valence-corrected chi connectivity index (χ4v) is 2.56. The number of hydrogen-bond acceptors (Lipinski definition) is 6. The van der Waals surface area contributed by atoms with Crippen molar-refractivity contribution in [3.05, 3.63) is 59.7 Å². The number of phenols is 2. The number of hydrogen-bond donors (Lipinski definition) is 2. The van der Waals surface area contributed by atoms with E-state index in [-0.39, 0.29) is 34.5 Å². The Balaban J connectivity index is 0.00000420. The first-order valence-corrected chi connectivity index (χ1v) is 9.37. The van der Waals surface area contributed by atoms with E-state index >= 15 is 0 Å². The Bertz CT molecular complexity index is 824. The molecule has 159 valence electrons. The molecular weight excluding hydrogens is 420 g/mol. The Morgan fingerprint density at radius 3 is 2.17 bits per heavy atom. The van der Waals surface area contributed by atoms with Crippen LogP contribution in [-0.2, 0) is 26.6 Å². The van der Waals surface area contributed by atoms with Crippen molar-refractivity contribution in [1.82, 2.24) is 0 Å². The molecule has 0 aliphatic rings. The molecule has 0 saturated carbocycles. The molecule has 1 radical (unpaired) electrons. The maximum absolute atomic E-state index is 12.1. The quantitative estimate of drug-likeness (QED) is 0.252. The number of aromatic hydroxyl groups is 2. The van der Waals surface area contributed by atoms with Gasteiger partial charge < -0.3 is 14.9 Å². The summed E-state index contributed by atoms with van der Waals surface area (Å²) in [4.78, 5) is 20.8. The summed E-state index contributed by atoms with van der Waals surface area (Å²) in [6, 6.07) is 13.2. The second kappa shape index (κ2) is 13.5. The molecule has 2 rings (SSSR count). The van der Waals surface area contributed by atoms with E-state index in [1.165, 1.54) is 6.21 Å². The molecule has 1 unspecified atom stereocenters. The summed E-state index contributed by atoms with van der Waals surface area (Å²) >= 11 is 0. The molecule has 0 heterocycles. The van der Waals surface area contributed by atoms with Gasteiger partial charge in [-0.15, -0.1) is 0 Å². The van der Waals surface area contributed by atoms with Gasteiger partial charge in [0, 0.05) is 47.2 Å². The molecule has 0 saturated heterocycles. The van der Waals surface area contributed by atoms with E-state index in [1.54, 1.807) is 55.6 Å². The van der Waals surface area contributed by atoms with Crippen LogP contribution in [0.4, 0.5) is 0 Å². The molecule has 2 aromatic rings. The van der Waals surface area contributed by atoms with E-state index in [0.29, 0.717) is 30.7 Å². The van der Waals surface area contributed by atoms with Gasteiger partial charge in [0.2, 0.25) is 0 Å². The van der Waals surface area contributed by atoms with E-state index < -0.39 is 6.04 Å². The van der Waals surface area contributed by atoms with Gasteiger partial charge in [-0.05, 0) is 50.5 Å². The Morgan fingerprint density at radius 1 is 1.00 bits per heavy atom. The monoisotopic (exact) mass is 445 g/mol. The van der Waals surface area contributed by atoms with E-state index in [2.05, 4.69) is 9.98 Å². The predicted octanol–water partition coefficient (Wildman–Crippen LogP) is 3.74. The van der Waals surface area contributed by atoms with Crippen molar-refractivity contribution in [1.29, 1.82) is 0 Å². The number of benzene rings is 2. The number of carbonyl (C=O) groups is 1. The molecule has 0 bridgehead atoms. The van der Waals surface area contributed by atoms with E-state index in [0.717, 1.165) is 12.8 Å². The molecule has 2 aromatic carbocycles. The van der Waals surface area contributed by atoms with Crippen LogP contribution in [0.15, 0.2) is 58.5 Å². The van der Waals surface area contributed by atoms with Gasteiger partial charge in [-0.3, -0.25) is 9.98 Å². The number of aliphatic imine (C=N–C) groups is 2. The van der Waals surface area contributed by atoms with E-state index in [4.69, 9.17) is 4.74 Å². The van der Waals surface area contributed by atoms with Crippen molar-refractivity contribution in [2.45, 2.75) is 32.2 Å². The van der Waals surface area contributed by atoms with Gasteiger partial charge in [0.15, 0.2) is 0 Å². The summed E-state index contributed by atoms with van der Waals surface area (Å²) < 4.78 is 5.10. The molecule has 2 N–H and O–H groups in total. The first-order chi connectivity index (χ1) is 13.6. The Morgan fingerprint density at radius 2 is 1.59 bits per heavy atom. The Hall–Kier alpha value is -2.63. The number of rotatable bonds is 10. The fourth-order valence-electron chi connectivity index (χ4n) is 2.56. The van der Waals surface area contributed by atoms with Gasteiger partial charge in [-0.25, -0.2) is 4.79 Å². The van der Waals surface area contributed by atoms with Crippen molar-refractivity contribution < 1.29 is 36.8 Å².